The molecule has 1 aliphatic rings. The van der Waals surface area contributed by atoms with E-state index in [2.05, 4.69) is 5.32 Å². The predicted octanol–water partition coefficient (Wildman–Crippen LogP) is 1.50. The highest BCUT2D eigenvalue weighted by molar-refractivity contribution is 6.07. The van der Waals surface area contributed by atoms with Crippen molar-refractivity contribution in [3.63, 3.8) is 0 Å². The lowest BCUT2D eigenvalue weighted by atomic mass is 9.93. The number of carbonyl (C=O) groups excluding carboxylic acids is 2. The van der Waals surface area contributed by atoms with Gasteiger partial charge in [-0.25, -0.2) is 4.39 Å². The molecule has 1 aliphatic heterocycles. The second kappa shape index (κ2) is 4.53. The van der Waals surface area contributed by atoms with Crippen LogP contribution in [0.15, 0.2) is 18.2 Å². The lowest BCUT2D eigenvalue weighted by molar-refractivity contribution is -0.151. The lowest BCUT2D eigenvalue weighted by Gasteiger charge is -2.23. The maximum Gasteiger partial charge on any atom is 0.318 e. The number of benzene rings is 1. The van der Waals surface area contributed by atoms with Gasteiger partial charge in [0.15, 0.2) is 0 Å². The van der Waals surface area contributed by atoms with Crippen LogP contribution in [0.3, 0.4) is 0 Å². The van der Waals surface area contributed by atoms with Gasteiger partial charge < -0.3 is 10.1 Å². The highest BCUT2D eigenvalue weighted by atomic mass is 19.1. The van der Waals surface area contributed by atoms with Crippen molar-refractivity contribution in [2.45, 2.75) is 13.3 Å². The number of rotatable bonds is 2. The van der Waals surface area contributed by atoms with E-state index in [0.29, 0.717) is 11.3 Å². The van der Waals surface area contributed by atoms with Gasteiger partial charge in [0.25, 0.3) is 0 Å². The molecular formula is C12H12FNO3. The smallest absolute Gasteiger partial charge is 0.318 e. The minimum atomic E-state index is -0.959. The van der Waals surface area contributed by atoms with Gasteiger partial charge in [0.1, 0.15) is 11.7 Å². The van der Waals surface area contributed by atoms with Crippen LogP contribution < -0.4 is 5.32 Å². The molecule has 0 spiro atoms. The quantitative estimate of drug-likeness (QED) is 0.626. The highest BCUT2D eigenvalue weighted by Gasteiger charge is 2.34. The number of ether oxygens (including phenoxy) is 1. The second-order valence-electron chi connectivity index (χ2n) is 3.76. The number of amides is 1. The van der Waals surface area contributed by atoms with Crippen LogP contribution >= 0.6 is 0 Å². The number of nitrogens with one attached hydrogen (secondary N) is 1. The van der Waals surface area contributed by atoms with E-state index < -0.39 is 23.6 Å². The van der Waals surface area contributed by atoms with Crippen molar-refractivity contribution in [3.8, 4) is 0 Å². The zero-order valence-electron chi connectivity index (χ0n) is 9.33. The van der Waals surface area contributed by atoms with E-state index in [0.717, 1.165) is 0 Å². The molecule has 5 heteroatoms. The molecular weight excluding hydrogens is 225 g/mol. The Bertz CT molecular complexity index is 473. The summed E-state index contributed by atoms with van der Waals surface area (Å²) >= 11 is 0. The Morgan fingerprint density at radius 1 is 1.59 bits per heavy atom. The first-order valence-electron chi connectivity index (χ1n) is 5.38. The lowest BCUT2D eigenvalue weighted by Crippen LogP contribution is -2.37. The van der Waals surface area contributed by atoms with Crippen LogP contribution in [0.1, 0.15) is 12.5 Å². The van der Waals surface area contributed by atoms with Crippen molar-refractivity contribution in [1.29, 1.82) is 0 Å². The fraction of sp³-hybridized carbons (Fsp3) is 0.333. The molecule has 1 aromatic rings. The van der Waals surface area contributed by atoms with Crippen LogP contribution in [0.5, 0.6) is 0 Å². The molecule has 1 amide bonds. The molecule has 1 aromatic carbocycles. The number of carbonyl (C=O) groups is 2. The molecule has 1 N–H and O–H groups in total. The monoisotopic (exact) mass is 237 g/mol. The molecule has 0 aliphatic carbocycles. The number of anilines is 1. The molecule has 0 saturated carbocycles. The minimum absolute atomic E-state index is 0.0483. The van der Waals surface area contributed by atoms with E-state index in [-0.39, 0.29) is 13.0 Å². The largest absolute Gasteiger partial charge is 0.465 e. The van der Waals surface area contributed by atoms with Gasteiger partial charge in [0.05, 0.1) is 6.61 Å². The molecule has 0 fully saturated rings. The third-order valence-electron chi connectivity index (χ3n) is 2.67. The van der Waals surface area contributed by atoms with Gasteiger partial charge in [-0.05, 0) is 25.5 Å². The molecule has 1 atom stereocenters. The van der Waals surface area contributed by atoms with E-state index in [1.54, 1.807) is 13.0 Å². The summed E-state index contributed by atoms with van der Waals surface area (Å²) in [6.07, 6.45) is 0.0483. The second-order valence-corrected chi connectivity index (χ2v) is 3.76. The Labute approximate surface area is 97.8 Å². The van der Waals surface area contributed by atoms with Crippen LogP contribution in [0.25, 0.3) is 0 Å². The molecule has 90 valence electrons. The molecule has 2 rings (SSSR count). The number of esters is 1. The van der Waals surface area contributed by atoms with Crippen molar-refractivity contribution < 1.29 is 18.7 Å². The predicted molar refractivity (Wildman–Crippen MR) is 58.9 cm³/mol. The van der Waals surface area contributed by atoms with Gasteiger partial charge in [-0.1, -0.05) is 6.07 Å². The zero-order chi connectivity index (χ0) is 12.4. The Hall–Kier alpha value is -1.91. The summed E-state index contributed by atoms with van der Waals surface area (Å²) in [6.45, 7) is 1.86. The Morgan fingerprint density at radius 3 is 3.06 bits per heavy atom. The van der Waals surface area contributed by atoms with Crippen molar-refractivity contribution in [3.05, 3.63) is 29.6 Å². The summed E-state index contributed by atoms with van der Waals surface area (Å²) in [6, 6.07) is 4.43. The molecule has 0 saturated heterocycles. The summed E-state index contributed by atoms with van der Waals surface area (Å²) in [4.78, 5) is 23.2. The molecule has 1 heterocycles. The van der Waals surface area contributed by atoms with E-state index in [1.165, 1.54) is 12.1 Å². The summed E-state index contributed by atoms with van der Waals surface area (Å²) < 4.78 is 18.3. The Balaban J connectivity index is 2.29. The van der Waals surface area contributed by atoms with Crippen LogP contribution in [-0.4, -0.2) is 18.5 Å². The van der Waals surface area contributed by atoms with E-state index in [4.69, 9.17) is 4.74 Å². The Morgan fingerprint density at radius 2 is 2.35 bits per heavy atom. The maximum absolute atomic E-state index is 13.5. The molecule has 0 radical (unpaired) electrons. The fourth-order valence-corrected chi connectivity index (χ4v) is 1.83. The van der Waals surface area contributed by atoms with Gasteiger partial charge in [-0.2, -0.15) is 0 Å². The van der Waals surface area contributed by atoms with Gasteiger partial charge in [0.2, 0.25) is 5.91 Å². The van der Waals surface area contributed by atoms with Gasteiger partial charge in [-0.3, -0.25) is 9.59 Å². The number of fused-ring (bicyclic) bond motifs is 1. The first kappa shape index (κ1) is 11.6. The SMILES string of the molecule is CCOC(=O)C1Cc2c(F)cccc2NC1=O. The summed E-state index contributed by atoms with van der Waals surface area (Å²) in [5.74, 6) is -2.43. The summed E-state index contributed by atoms with van der Waals surface area (Å²) in [5.41, 5.74) is 0.778. The average molecular weight is 237 g/mol. The van der Waals surface area contributed by atoms with Crippen molar-refractivity contribution in [1.82, 2.24) is 0 Å². The highest BCUT2D eigenvalue weighted by Crippen LogP contribution is 2.28. The third kappa shape index (κ3) is 2.13. The molecule has 1 unspecified atom stereocenters. The number of halogens is 1. The average Bonchev–Trinajstić information content (AvgIpc) is 2.29. The normalized spacial score (nSPS) is 18.2. The van der Waals surface area contributed by atoms with Crippen molar-refractivity contribution in [2.75, 3.05) is 11.9 Å². The minimum Gasteiger partial charge on any atom is -0.465 e. The first-order valence-corrected chi connectivity index (χ1v) is 5.38. The van der Waals surface area contributed by atoms with Crippen LogP contribution in [0.2, 0.25) is 0 Å². The zero-order valence-corrected chi connectivity index (χ0v) is 9.33. The van der Waals surface area contributed by atoms with Crippen LogP contribution in [-0.2, 0) is 20.7 Å². The molecule has 17 heavy (non-hydrogen) atoms. The van der Waals surface area contributed by atoms with E-state index in [1.807, 2.05) is 0 Å². The van der Waals surface area contributed by atoms with Crippen molar-refractivity contribution >= 4 is 17.6 Å². The van der Waals surface area contributed by atoms with Crippen LogP contribution in [0.4, 0.5) is 10.1 Å². The maximum atomic E-state index is 13.5. The number of hydrogen-bond acceptors (Lipinski definition) is 3. The number of hydrogen-bond donors (Lipinski definition) is 1. The third-order valence-corrected chi connectivity index (χ3v) is 2.67. The van der Waals surface area contributed by atoms with Gasteiger partial charge >= 0.3 is 5.97 Å². The summed E-state index contributed by atoms with van der Waals surface area (Å²) in [7, 11) is 0. The van der Waals surface area contributed by atoms with E-state index >= 15 is 0 Å². The fourth-order valence-electron chi connectivity index (χ4n) is 1.83. The molecule has 0 bridgehead atoms. The van der Waals surface area contributed by atoms with E-state index in [9.17, 15) is 14.0 Å². The van der Waals surface area contributed by atoms with Gasteiger partial charge in [0, 0.05) is 11.3 Å². The summed E-state index contributed by atoms with van der Waals surface area (Å²) in [5, 5.41) is 2.51. The topological polar surface area (TPSA) is 55.4 Å². The van der Waals surface area contributed by atoms with Gasteiger partial charge in [-0.15, -0.1) is 0 Å². The first-order chi connectivity index (χ1) is 8.13. The standard InChI is InChI=1S/C12H12FNO3/c1-2-17-12(16)8-6-7-9(13)4-3-5-10(7)14-11(8)15/h3-5,8H,2,6H2,1H3,(H,14,15). The Kier molecular flexibility index (Phi) is 3.08. The van der Waals surface area contributed by atoms with Crippen molar-refractivity contribution in [2.24, 2.45) is 5.92 Å². The molecule has 4 nitrogen and oxygen atoms in total. The molecule has 0 aromatic heterocycles. The van der Waals surface area contributed by atoms with Crippen LogP contribution in [0, 0.1) is 11.7 Å².